The van der Waals surface area contributed by atoms with Gasteiger partial charge in [0.1, 0.15) is 11.9 Å². The van der Waals surface area contributed by atoms with Crippen molar-refractivity contribution in [2.45, 2.75) is 75.8 Å². The quantitative estimate of drug-likeness (QED) is 0.422. The van der Waals surface area contributed by atoms with Crippen LogP contribution < -0.4 is 10.6 Å². The van der Waals surface area contributed by atoms with Gasteiger partial charge in [-0.1, -0.05) is 6.07 Å². The lowest BCUT2D eigenvalue weighted by Crippen LogP contribution is -2.49. The van der Waals surface area contributed by atoms with Crippen molar-refractivity contribution in [1.82, 2.24) is 20.1 Å². The fourth-order valence-electron chi connectivity index (χ4n) is 4.75. The molecule has 1 aliphatic carbocycles. The first-order chi connectivity index (χ1) is 16.3. The summed E-state index contributed by atoms with van der Waals surface area (Å²) < 4.78 is 26.8. The number of nitrogens with zero attached hydrogens (tertiary/aromatic N) is 3. The van der Waals surface area contributed by atoms with Gasteiger partial charge < -0.3 is 25.5 Å². The van der Waals surface area contributed by atoms with Gasteiger partial charge in [0.25, 0.3) is 5.92 Å². The number of urea groups is 1. The summed E-state index contributed by atoms with van der Waals surface area (Å²) in [6.07, 6.45) is 7.18. The summed E-state index contributed by atoms with van der Waals surface area (Å²) in [7, 11) is 0. The lowest BCUT2D eigenvalue weighted by Gasteiger charge is -2.25. The number of carbonyl (C=O) groups is 2. The number of hydrogen-bond acceptors (Lipinski definition) is 5. The minimum atomic E-state index is -2.90. The number of carboxylic acids is 1. The molecule has 2 amide bonds. The number of rotatable bonds is 11. The molecule has 10 heteroatoms. The van der Waals surface area contributed by atoms with Crippen LogP contribution in [0.5, 0.6) is 0 Å². The zero-order valence-electron chi connectivity index (χ0n) is 19.6. The molecule has 1 aromatic rings. The molecule has 4 rings (SSSR count). The number of pyridine rings is 1. The molecule has 1 unspecified atom stereocenters. The molecule has 34 heavy (non-hydrogen) atoms. The van der Waals surface area contributed by atoms with E-state index in [1.807, 2.05) is 0 Å². The molecule has 0 radical (unpaired) electrons. The number of alkyl halides is 2. The second-order valence-electron chi connectivity index (χ2n) is 9.72. The number of nitrogens with one attached hydrogen (secondary N) is 2. The number of aromatic nitrogens is 1. The molecule has 0 bridgehead atoms. The van der Waals surface area contributed by atoms with E-state index in [0.29, 0.717) is 12.6 Å². The Morgan fingerprint density at radius 1 is 1.29 bits per heavy atom. The van der Waals surface area contributed by atoms with Crippen LogP contribution in [0.25, 0.3) is 0 Å². The van der Waals surface area contributed by atoms with Crippen molar-refractivity contribution in [3.05, 3.63) is 23.4 Å². The first-order valence-electron chi connectivity index (χ1n) is 12.4. The van der Waals surface area contributed by atoms with Gasteiger partial charge in [0.05, 0.1) is 6.54 Å². The Labute approximate surface area is 199 Å². The highest BCUT2D eigenvalue weighted by Crippen LogP contribution is 2.28. The highest BCUT2D eigenvalue weighted by atomic mass is 19.3. The van der Waals surface area contributed by atoms with E-state index in [1.54, 1.807) is 0 Å². The first kappa shape index (κ1) is 24.6. The third-order valence-electron chi connectivity index (χ3n) is 6.90. The van der Waals surface area contributed by atoms with E-state index in [0.717, 1.165) is 74.4 Å². The molecule has 0 spiro atoms. The van der Waals surface area contributed by atoms with Gasteiger partial charge in [-0.25, -0.2) is 23.4 Å². The molecule has 2 aliphatic heterocycles. The Kier molecular flexibility index (Phi) is 7.85. The smallest absolute Gasteiger partial charge is 0.326 e. The van der Waals surface area contributed by atoms with Crippen molar-refractivity contribution in [1.29, 1.82) is 0 Å². The van der Waals surface area contributed by atoms with Gasteiger partial charge in [0.2, 0.25) is 0 Å². The maximum atomic E-state index is 13.4. The minimum Gasteiger partial charge on any atom is -0.480 e. The highest BCUT2D eigenvalue weighted by Gasteiger charge is 2.41. The van der Waals surface area contributed by atoms with E-state index in [-0.39, 0.29) is 19.4 Å². The van der Waals surface area contributed by atoms with Crippen molar-refractivity contribution < 1.29 is 23.5 Å². The molecule has 3 heterocycles. The van der Waals surface area contributed by atoms with Crippen molar-refractivity contribution in [2.24, 2.45) is 0 Å². The number of hydrogen-bond donors (Lipinski definition) is 3. The number of fused-ring (bicyclic) bond motifs is 1. The molecular weight excluding hydrogens is 444 g/mol. The lowest BCUT2D eigenvalue weighted by molar-refractivity contribution is -0.139. The highest BCUT2D eigenvalue weighted by molar-refractivity contribution is 5.82. The molecule has 3 aliphatic rings. The van der Waals surface area contributed by atoms with E-state index in [9.17, 15) is 23.5 Å². The summed E-state index contributed by atoms with van der Waals surface area (Å²) in [5.41, 5.74) is 2.38. The Bertz CT molecular complexity index is 880. The molecule has 2 fully saturated rings. The number of carbonyl (C=O) groups excluding carboxylic acids is 1. The molecule has 1 saturated heterocycles. The number of unbranched alkanes of at least 4 members (excludes halogenated alkanes) is 1. The van der Waals surface area contributed by atoms with Gasteiger partial charge >= 0.3 is 12.0 Å². The molecular formula is C24H35F2N5O3. The Balaban J connectivity index is 1.21. The van der Waals surface area contributed by atoms with Crippen LogP contribution in [0.3, 0.4) is 0 Å². The molecule has 1 aromatic heterocycles. The monoisotopic (exact) mass is 479 g/mol. The van der Waals surface area contributed by atoms with E-state index in [1.165, 1.54) is 5.56 Å². The standard InChI is InChI=1S/C24H35F2N5O3/c25-24(26)11-15-31(16-24)23(34)29-20(22(32)33)10-14-30(19-8-9-19)13-2-1-5-18-7-6-17-4-3-12-27-21(17)28-18/h6-7,19-20H,1-5,8-16H2,(H,27,28)(H,29,34)(H,32,33). The van der Waals surface area contributed by atoms with Gasteiger partial charge in [-0.15, -0.1) is 0 Å². The summed E-state index contributed by atoms with van der Waals surface area (Å²) in [6, 6.07) is 2.93. The van der Waals surface area contributed by atoms with Crippen molar-refractivity contribution in [3.63, 3.8) is 0 Å². The fourth-order valence-corrected chi connectivity index (χ4v) is 4.75. The predicted octanol–water partition coefficient (Wildman–Crippen LogP) is 3.12. The second kappa shape index (κ2) is 10.8. The maximum Gasteiger partial charge on any atom is 0.326 e. The number of amides is 2. The minimum absolute atomic E-state index is 0.0610. The summed E-state index contributed by atoms with van der Waals surface area (Å²) in [4.78, 5) is 32.0. The van der Waals surface area contributed by atoms with E-state index in [2.05, 4.69) is 27.7 Å². The first-order valence-corrected chi connectivity index (χ1v) is 12.4. The van der Waals surface area contributed by atoms with Gasteiger partial charge in [0.15, 0.2) is 0 Å². The Morgan fingerprint density at radius 3 is 2.82 bits per heavy atom. The van der Waals surface area contributed by atoms with Crippen molar-refractivity contribution in [3.8, 4) is 0 Å². The van der Waals surface area contributed by atoms with Gasteiger partial charge in [-0.3, -0.25) is 0 Å². The van der Waals surface area contributed by atoms with Crippen LogP contribution in [-0.4, -0.2) is 82.6 Å². The largest absolute Gasteiger partial charge is 0.480 e. The predicted molar refractivity (Wildman–Crippen MR) is 124 cm³/mol. The molecule has 3 N–H and O–H groups in total. The molecule has 1 saturated carbocycles. The van der Waals surface area contributed by atoms with Crippen LogP contribution >= 0.6 is 0 Å². The summed E-state index contributed by atoms with van der Waals surface area (Å²) in [5.74, 6) is -3.02. The number of aryl methyl sites for hydroxylation is 2. The third kappa shape index (κ3) is 6.77. The average molecular weight is 480 g/mol. The van der Waals surface area contributed by atoms with Crippen molar-refractivity contribution >= 4 is 17.8 Å². The molecule has 8 nitrogen and oxygen atoms in total. The number of anilines is 1. The molecule has 188 valence electrons. The Morgan fingerprint density at radius 2 is 2.12 bits per heavy atom. The maximum absolute atomic E-state index is 13.4. The number of likely N-dealkylation sites (tertiary alicyclic amines) is 1. The SMILES string of the molecule is O=C(O)C(CCN(CCCCc1ccc2c(n1)NCCC2)C1CC1)NC(=O)N1CCC(F)(F)C1. The van der Waals surface area contributed by atoms with Crippen LogP contribution in [0.2, 0.25) is 0 Å². The van der Waals surface area contributed by atoms with Crippen LogP contribution in [-0.2, 0) is 17.6 Å². The zero-order chi connectivity index (χ0) is 24.1. The number of halogens is 2. The van der Waals surface area contributed by atoms with Gasteiger partial charge in [-0.05, 0) is 69.5 Å². The molecule has 1 atom stereocenters. The van der Waals surface area contributed by atoms with Crippen LogP contribution in [0.15, 0.2) is 12.1 Å². The van der Waals surface area contributed by atoms with E-state index < -0.39 is 30.5 Å². The summed E-state index contributed by atoms with van der Waals surface area (Å²) in [6.45, 7) is 1.68. The Hall–Kier alpha value is -2.49. The van der Waals surface area contributed by atoms with Gasteiger partial charge in [0, 0.05) is 37.8 Å². The third-order valence-corrected chi connectivity index (χ3v) is 6.90. The molecule has 0 aromatic carbocycles. The van der Waals surface area contributed by atoms with Crippen molar-refractivity contribution in [2.75, 3.05) is 38.0 Å². The van der Waals surface area contributed by atoms with E-state index >= 15 is 0 Å². The summed E-state index contributed by atoms with van der Waals surface area (Å²) >= 11 is 0. The average Bonchev–Trinajstić information content (AvgIpc) is 3.59. The van der Waals surface area contributed by atoms with Gasteiger partial charge in [-0.2, -0.15) is 0 Å². The van der Waals surface area contributed by atoms with Crippen LogP contribution in [0.4, 0.5) is 19.4 Å². The number of aliphatic carboxylic acids is 1. The topological polar surface area (TPSA) is 97.8 Å². The normalized spacial score (nSPS) is 20.0. The second-order valence-corrected chi connectivity index (χ2v) is 9.72. The van der Waals surface area contributed by atoms with E-state index in [4.69, 9.17) is 4.98 Å². The van der Waals surface area contributed by atoms with Crippen LogP contribution in [0, 0.1) is 0 Å². The zero-order valence-corrected chi connectivity index (χ0v) is 19.6. The number of carboxylic acid groups (broad SMARTS) is 1. The summed E-state index contributed by atoms with van der Waals surface area (Å²) in [5, 5.41) is 15.4. The fraction of sp³-hybridized carbons (Fsp3) is 0.708. The van der Waals surface area contributed by atoms with Crippen LogP contribution in [0.1, 0.15) is 56.2 Å². The lowest BCUT2D eigenvalue weighted by atomic mass is 10.1.